The van der Waals surface area contributed by atoms with Gasteiger partial charge in [-0.1, -0.05) is 6.92 Å². The summed E-state index contributed by atoms with van der Waals surface area (Å²) < 4.78 is 24.1. The molecule has 1 fully saturated rings. The fourth-order valence-corrected chi connectivity index (χ4v) is 3.77. The van der Waals surface area contributed by atoms with Crippen molar-refractivity contribution in [1.29, 1.82) is 0 Å². The average molecular weight is 363 g/mol. The lowest BCUT2D eigenvalue weighted by Gasteiger charge is -2.22. The first-order valence-electron chi connectivity index (χ1n) is 6.73. The molecule has 20 heavy (non-hydrogen) atoms. The molecule has 1 aliphatic heterocycles. The first-order chi connectivity index (χ1) is 9.52. The molecule has 0 unspecified atom stereocenters. The van der Waals surface area contributed by atoms with Crippen molar-refractivity contribution < 1.29 is 8.42 Å². The normalized spacial score (nSPS) is 18.6. The lowest BCUT2D eigenvalue weighted by molar-refractivity contribution is 0.597. The summed E-state index contributed by atoms with van der Waals surface area (Å²) in [5.41, 5.74) is 0. The van der Waals surface area contributed by atoms with Gasteiger partial charge in [-0.3, -0.25) is 0 Å². The Kier molecular flexibility index (Phi) is 5.20. The van der Waals surface area contributed by atoms with Crippen LogP contribution in [0.5, 0.6) is 0 Å². The fourth-order valence-electron chi connectivity index (χ4n) is 2.05. The van der Waals surface area contributed by atoms with Crippen LogP contribution < -0.4 is 10.2 Å². The second kappa shape index (κ2) is 6.71. The molecular formula is C12H19BrN4O2S. The lowest BCUT2D eigenvalue weighted by Crippen LogP contribution is -2.28. The van der Waals surface area contributed by atoms with E-state index in [2.05, 4.69) is 38.1 Å². The van der Waals surface area contributed by atoms with E-state index in [4.69, 9.17) is 0 Å². The molecule has 0 amide bonds. The number of hydrogen-bond acceptors (Lipinski definition) is 6. The minimum Gasteiger partial charge on any atom is -0.354 e. The number of nitrogens with one attached hydrogen (secondary N) is 1. The van der Waals surface area contributed by atoms with Crippen LogP contribution in [0.4, 0.5) is 11.8 Å². The van der Waals surface area contributed by atoms with Crippen molar-refractivity contribution in [3.8, 4) is 0 Å². The zero-order valence-electron chi connectivity index (χ0n) is 11.5. The van der Waals surface area contributed by atoms with E-state index in [9.17, 15) is 8.42 Å². The molecule has 1 N–H and O–H groups in total. The number of sulfone groups is 1. The van der Waals surface area contributed by atoms with Crippen LogP contribution in [0, 0.1) is 0 Å². The summed E-state index contributed by atoms with van der Waals surface area (Å²) in [5.74, 6) is 1.78. The summed E-state index contributed by atoms with van der Waals surface area (Å²) >= 11 is 3.44. The third kappa shape index (κ3) is 4.05. The van der Waals surface area contributed by atoms with E-state index < -0.39 is 9.84 Å². The van der Waals surface area contributed by atoms with Gasteiger partial charge in [0.2, 0.25) is 5.95 Å². The molecule has 2 rings (SSSR count). The van der Waals surface area contributed by atoms with E-state index in [-0.39, 0.29) is 11.5 Å². The molecule has 0 bridgehead atoms. The van der Waals surface area contributed by atoms with Gasteiger partial charge in [0.25, 0.3) is 0 Å². The molecule has 1 saturated heterocycles. The van der Waals surface area contributed by atoms with Crippen LogP contribution in [-0.4, -0.2) is 49.5 Å². The van der Waals surface area contributed by atoms with Crippen molar-refractivity contribution in [1.82, 2.24) is 9.97 Å². The number of rotatable bonds is 4. The smallest absolute Gasteiger partial charge is 0.224 e. The molecule has 1 aromatic heterocycles. The molecule has 0 spiro atoms. The van der Waals surface area contributed by atoms with Gasteiger partial charge in [-0.05, 0) is 28.8 Å². The predicted molar refractivity (Wildman–Crippen MR) is 84.0 cm³/mol. The minimum atomic E-state index is -2.91. The first kappa shape index (κ1) is 15.5. The molecule has 0 saturated carbocycles. The van der Waals surface area contributed by atoms with Gasteiger partial charge in [-0.2, -0.15) is 4.98 Å². The van der Waals surface area contributed by atoms with E-state index >= 15 is 0 Å². The van der Waals surface area contributed by atoms with E-state index in [1.54, 1.807) is 6.20 Å². The van der Waals surface area contributed by atoms with Gasteiger partial charge in [-0.15, -0.1) is 0 Å². The maximum absolute atomic E-state index is 11.7. The highest BCUT2D eigenvalue weighted by Crippen LogP contribution is 2.25. The molecule has 1 aliphatic rings. The number of hydrogen-bond donors (Lipinski definition) is 1. The highest BCUT2D eigenvalue weighted by atomic mass is 79.9. The topological polar surface area (TPSA) is 75.2 Å². The Bertz CT molecular complexity index is 565. The van der Waals surface area contributed by atoms with Crippen LogP contribution in [0.1, 0.15) is 19.8 Å². The van der Waals surface area contributed by atoms with Crippen LogP contribution in [-0.2, 0) is 9.84 Å². The van der Waals surface area contributed by atoms with Crippen LogP contribution >= 0.6 is 15.9 Å². The average Bonchev–Trinajstić information content (AvgIpc) is 2.59. The molecule has 112 valence electrons. The van der Waals surface area contributed by atoms with Gasteiger partial charge in [0.1, 0.15) is 5.82 Å². The Morgan fingerprint density at radius 2 is 2.20 bits per heavy atom. The van der Waals surface area contributed by atoms with Gasteiger partial charge in [0.15, 0.2) is 9.84 Å². The summed E-state index contributed by atoms with van der Waals surface area (Å²) in [5, 5.41) is 3.14. The maximum Gasteiger partial charge on any atom is 0.224 e. The van der Waals surface area contributed by atoms with Crippen molar-refractivity contribution in [2.24, 2.45) is 0 Å². The summed E-state index contributed by atoms with van der Waals surface area (Å²) in [6.45, 7) is 4.06. The Morgan fingerprint density at radius 3 is 2.95 bits per heavy atom. The molecule has 2 heterocycles. The van der Waals surface area contributed by atoms with Crippen molar-refractivity contribution in [2.75, 3.05) is 41.4 Å². The summed E-state index contributed by atoms with van der Waals surface area (Å²) in [6, 6.07) is 0. The lowest BCUT2D eigenvalue weighted by atomic mass is 10.4. The van der Waals surface area contributed by atoms with Crippen LogP contribution in [0.2, 0.25) is 0 Å². The van der Waals surface area contributed by atoms with Crippen LogP contribution in [0.15, 0.2) is 10.7 Å². The molecule has 8 heteroatoms. The molecular weight excluding hydrogens is 344 g/mol. The van der Waals surface area contributed by atoms with Crippen molar-refractivity contribution >= 4 is 37.5 Å². The highest BCUT2D eigenvalue weighted by molar-refractivity contribution is 9.10. The molecule has 0 atom stereocenters. The van der Waals surface area contributed by atoms with E-state index in [0.717, 1.165) is 23.3 Å². The standard InChI is InChI=1S/C12H19BrN4O2S/c1-2-4-14-12-15-9-10(13)11(16-12)17-5-3-7-20(18,19)8-6-17/h9H,2-8H2,1H3,(H,14,15,16). The van der Waals surface area contributed by atoms with Crippen LogP contribution in [0.25, 0.3) is 0 Å². The Balaban J connectivity index is 2.18. The molecule has 0 aromatic carbocycles. The number of anilines is 2. The minimum absolute atomic E-state index is 0.182. The van der Waals surface area contributed by atoms with Gasteiger partial charge < -0.3 is 10.2 Å². The predicted octanol–water partition coefficient (Wildman–Crippen LogP) is 1.69. The summed E-state index contributed by atoms with van der Waals surface area (Å²) in [4.78, 5) is 10.7. The number of aromatic nitrogens is 2. The fraction of sp³-hybridized carbons (Fsp3) is 0.667. The third-order valence-electron chi connectivity index (χ3n) is 3.11. The van der Waals surface area contributed by atoms with Gasteiger partial charge in [0.05, 0.1) is 16.0 Å². The van der Waals surface area contributed by atoms with Crippen molar-refractivity contribution in [3.05, 3.63) is 10.7 Å². The summed E-state index contributed by atoms with van der Waals surface area (Å²) in [6.07, 6.45) is 3.34. The quantitative estimate of drug-likeness (QED) is 0.878. The monoisotopic (exact) mass is 362 g/mol. The van der Waals surface area contributed by atoms with Gasteiger partial charge >= 0.3 is 0 Å². The number of halogens is 1. The van der Waals surface area contributed by atoms with E-state index in [1.165, 1.54) is 0 Å². The molecule has 0 aliphatic carbocycles. The van der Waals surface area contributed by atoms with E-state index in [1.807, 2.05) is 4.90 Å². The Labute approximate surface area is 128 Å². The Morgan fingerprint density at radius 1 is 1.40 bits per heavy atom. The van der Waals surface area contributed by atoms with Crippen molar-refractivity contribution in [3.63, 3.8) is 0 Å². The van der Waals surface area contributed by atoms with Crippen molar-refractivity contribution in [2.45, 2.75) is 19.8 Å². The molecule has 1 aromatic rings. The Hall–Kier alpha value is -0.890. The molecule has 0 radical (unpaired) electrons. The highest BCUT2D eigenvalue weighted by Gasteiger charge is 2.21. The van der Waals surface area contributed by atoms with Gasteiger partial charge in [0, 0.05) is 25.8 Å². The van der Waals surface area contributed by atoms with E-state index in [0.29, 0.717) is 25.5 Å². The second-order valence-electron chi connectivity index (χ2n) is 4.78. The largest absolute Gasteiger partial charge is 0.354 e. The van der Waals surface area contributed by atoms with Crippen LogP contribution in [0.3, 0.4) is 0 Å². The zero-order chi connectivity index (χ0) is 14.6. The zero-order valence-corrected chi connectivity index (χ0v) is 13.9. The maximum atomic E-state index is 11.7. The first-order valence-corrected chi connectivity index (χ1v) is 9.35. The number of nitrogens with zero attached hydrogens (tertiary/aromatic N) is 3. The summed E-state index contributed by atoms with van der Waals surface area (Å²) in [7, 11) is -2.91. The molecule has 6 nitrogen and oxygen atoms in total. The third-order valence-corrected chi connectivity index (χ3v) is 5.39. The SMILES string of the molecule is CCCNc1ncc(Br)c(N2CCCS(=O)(=O)CC2)n1. The second-order valence-corrected chi connectivity index (χ2v) is 7.94. The van der Waals surface area contributed by atoms with Gasteiger partial charge in [-0.25, -0.2) is 13.4 Å².